The average Bonchev–Trinajstić information content (AvgIpc) is 2.69. The lowest BCUT2D eigenvalue weighted by molar-refractivity contribution is -0.140. The van der Waals surface area contributed by atoms with Crippen molar-refractivity contribution in [2.45, 2.75) is 25.8 Å². The third kappa shape index (κ3) is 3.73. The highest BCUT2D eigenvalue weighted by Gasteiger charge is 2.29. The van der Waals surface area contributed by atoms with E-state index in [0.717, 1.165) is 12.8 Å². The van der Waals surface area contributed by atoms with Gasteiger partial charge in [-0.25, -0.2) is 13.1 Å². The van der Waals surface area contributed by atoms with Crippen molar-refractivity contribution in [2.75, 3.05) is 5.75 Å². The summed E-state index contributed by atoms with van der Waals surface area (Å²) in [5.74, 6) is -2.27. The van der Waals surface area contributed by atoms with E-state index in [1.807, 2.05) is 0 Å². The van der Waals surface area contributed by atoms with E-state index in [1.54, 1.807) is 0 Å². The molecule has 76 valence electrons. The van der Waals surface area contributed by atoms with Gasteiger partial charge in [0.05, 0.1) is 11.7 Å². The van der Waals surface area contributed by atoms with Crippen LogP contribution in [-0.4, -0.2) is 31.3 Å². The summed E-state index contributed by atoms with van der Waals surface area (Å²) in [4.78, 5) is 10.4. The highest BCUT2D eigenvalue weighted by molar-refractivity contribution is 7.89. The van der Waals surface area contributed by atoms with Gasteiger partial charge in [-0.3, -0.25) is 4.79 Å². The molecule has 0 amide bonds. The van der Waals surface area contributed by atoms with Crippen LogP contribution in [0.3, 0.4) is 0 Å². The SMILES string of the molecule is CC(CS(=O)(=O)NC1CC1)C(=O)O. The number of sulfonamides is 1. The van der Waals surface area contributed by atoms with Crippen molar-refractivity contribution in [3.63, 3.8) is 0 Å². The summed E-state index contributed by atoms with van der Waals surface area (Å²) < 4.78 is 24.9. The summed E-state index contributed by atoms with van der Waals surface area (Å²) in [5.41, 5.74) is 0. The molecule has 1 aliphatic rings. The number of hydrogen-bond acceptors (Lipinski definition) is 3. The quantitative estimate of drug-likeness (QED) is 0.653. The molecule has 6 heteroatoms. The molecular weight excluding hydrogens is 194 g/mol. The maximum atomic E-state index is 11.2. The molecule has 0 bridgehead atoms. The Bertz CT molecular complexity index is 294. The highest BCUT2D eigenvalue weighted by atomic mass is 32.2. The van der Waals surface area contributed by atoms with Crippen molar-refractivity contribution in [3.05, 3.63) is 0 Å². The summed E-state index contributed by atoms with van der Waals surface area (Å²) in [6.07, 6.45) is 1.72. The Balaban J connectivity index is 2.45. The molecular formula is C7H13NO4S. The predicted octanol–water partition coefficient (Wildman–Crippen LogP) is -0.211. The maximum Gasteiger partial charge on any atom is 0.307 e. The molecule has 1 rings (SSSR count). The van der Waals surface area contributed by atoms with Crippen LogP contribution in [0, 0.1) is 5.92 Å². The van der Waals surface area contributed by atoms with Crippen LogP contribution in [-0.2, 0) is 14.8 Å². The molecule has 1 fully saturated rings. The average molecular weight is 207 g/mol. The normalized spacial score (nSPS) is 19.8. The monoisotopic (exact) mass is 207 g/mol. The largest absolute Gasteiger partial charge is 0.481 e. The molecule has 0 spiro atoms. The van der Waals surface area contributed by atoms with E-state index < -0.39 is 21.9 Å². The van der Waals surface area contributed by atoms with E-state index in [9.17, 15) is 13.2 Å². The fourth-order valence-electron chi connectivity index (χ4n) is 0.904. The number of nitrogens with one attached hydrogen (secondary N) is 1. The number of carboxylic acid groups (broad SMARTS) is 1. The van der Waals surface area contributed by atoms with Crippen molar-refractivity contribution in [2.24, 2.45) is 5.92 Å². The van der Waals surface area contributed by atoms with Gasteiger partial charge in [-0.2, -0.15) is 0 Å². The standard InChI is InChI=1S/C7H13NO4S/c1-5(7(9)10)4-13(11,12)8-6-2-3-6/h5-6,8H,2-4H2,1H3,(H,9,10). The van der Waals surface area contributed by atoms with E-state index in [-0.39, 0.29) is 11.8 Å². The van der Waals surface area contributed by atoms with E-state index in [0.29, 0.717) is 0 Å². The topological polar surface area (TPSA) is 83.5 Å². The molecule has 1 atom stereocenters. The van der Waals surface area contributed by atoms with Gasteiger partial charge in [0.1, 0.15) is 0 Å². The molecule has 0 aromatic carbocycles. The smallest absolute Gasteiger partial charge is 0.307 e. The molecule has 0 heterocycles. The fourth-order valence-corrected chi connectivity index (χ4v) is 2.54. The zero-order chi connectivity index (χ0) is 10.1. The Hall–Kier alpha value is -0.620. The van der Waals surface area contributed by atoms with Crippen molar-refractivity contribution >= 4 is 16.0 Å². The number of hydrogen-bond donors (Lipinski definition) is 2. The minimum atomic E-state index is -3.39. The fraction of sp³-hybridized carbons (Fsp3) is 0.857. The number of rotatable bonds is 5. The van der Waals surface area contributed by atoms with E-state index >= 15 is 0 Å². The summed E-state index contributed by atoms with van der Waals surface area (Å²) in [7, 11) is -3.39. The minimum Gasteiger partial charge on any atom is -0.481 e. The second-order valence-corrected chi connectivity index (χ2v) is 5.21. The maximum absolute atomic E-state index is 11.2. The first-order valence-electron chi connectivity index (χ1n) is 4.13. The third-order valence-electron chi connectivity index (χ3n) is 1.81. The predicted molar refractivity (Wildman–Crippen MR) is 46.7 cm³/mol. The van der Waals surface area contributed by atoms with Gasteiger partial charge in [0.15, 0.2) is 0 Å². The Morgan fingerprint density at radius 3 is 2.54 bits per heavy atom. The van der Waals surface area contributed by atoms with Gasteiger partial charge in [0.25, 0.3) is 0 Å². The number of carbonyl (C=O) groups is 1. The zero-order valence-corrected chi connectivity index (χ0v) is 8.17. The first-order chi connectivity index (χ1) is 5.91. The Labute approximate surface area is 77.2 Å². The molecule has 1 aliphatic carbocycles. The molecule has 0 saturated heterocycles. The van der Waals surface area contributed by atoms with Gasteiger partial charge in [-0.15, -0.1) is 0 Å². The zero-order valence-electron chi connectivity index (χ0n) is 7.36. The van der Waals surface area contributed by atoms with Crippen LogP contribution < -0.4 is 4.72 Å². The molecule has 1 saturated carbocycles. The highest BCUT2D eigenvalue weighted by Crippen LogP contribution is 2.20. The van der Waals surface area contributed by atoms with Gasteiger partial charge in [-0.1, -0.05) is 6.92 Å². The number of aliphatic carboxylic acids is 1. The lowest BCUT2D eigenvalue weighted by Gasteiger charge is -2.07. The number of carboxylic acids is 1. The Morgan fingerprint density at radius 2 is 2.15 bits per heavy atom. The molecule has 1 unspecified atom stereocenters. The van der Waals surface area contributed by atoms with Gasteiger partial charge in [-0.05, 0) is 12.8 Å². The van der Waals surface area contributed by atoms with Gasteiger partial charge in [0.2, 0.25) is 10.0 Å². The third-order valence-corrected chi connectivity index (χ3v) is 3.45. The molecule has 0 aromatic heterocycles. The van der Waals surface area contributed by atoms with E-state index in [4.69, 9.17) is 5.11 Å². The molecule has 13 heavy (non-hydrogen) atoms. The van der Waals surface area contributed by atoms with Crippen LogP contribution in [0.2, 0.25) is 0 Å². The van der Waals surface area contributed by atoms with Crippen LogP contribution in [0.5, 0.6) is 0 Å². The van der Waals surface area contributed by atoms with Crippen molar-refractivity contribution < 1.29 is 18.3 Å². The summed E-state index contributed by atoms with van der Waals surface area (Å²) in [6.45, 7) is 1.38. The molecule has 5 nitrogen and oxygen atoms in total. The molecule has 0 radical (unpaired) electrons. The van der Waals surface area contributed by atoms with Gasteiger partial charge < -0.3 is 5.11 Å². The van der Waals surface area contributed by atoms with Crippen molar-refractivity contribution in [1.29, 1.82) is 0 Å². The van der Waals surface area contributed by atoms with Gasteiger partial charge in [0, 0.05) is 6.04 Å². The summed E-state index contributed by atoms with van der Waals surface area (Å²) in [5, 5.41) is 8.50. The van der Waals surface area contributed by atoms with E-state index in [2.05, 4.69) is 4.72 Å². The van der Waals surface area contributed by atoms with Crippen LogP contribution >= 0.6 is 0 Å². The molecule has 2 N–H and O–H groups in total. The second kappa shape index (κ2) is 3.63. The molecule has 0 aliphatic heterocycles. The van der Waals surface area contributed by atoms with Crippen LogP contribution in [0.25, 0.3) is 0 Å². The second-order valence-electron chi connectivity index (χ2n) is 3.41. The van der Waals surface area contributed by atoms with E-state index in [1.165, 1.54) is 6.92 Å². The van der Waals surface area contributed by atoms with Gasteiger partial charge >= 0.3 is 5.97 Å². The minimum absolute atomic E-state index is 0.0472. The van der Waals surface area contributed by atoms with Crippen LogP contribution in [0.4, 0.5) is 0 Å². The first-order valence-corrected chi connectivity index (χ1v) is 5.79. The van der Waals surface area contributed by atoms with Crippen molar-refractivity contribution in [1.82, 2.24) is 4.72 Å². The molecule has 0 aromatic rings. The Morgan fingerprint density at radius 1 is 1.62 bits per heavy atom. The lowest BCUT2D eigenvalue weighted by atomic mass is 10.2. The summed E-state index contributed by atoms with van der Waals surface area (Å²) >= 11 is 0. The Kier molecular flexibility index (Phi) is 2.92. The van der Waals surface area contributed by atoms with Crippen LogP contribution in [0.1, 0.15) is 19.8 Å². The summed E-state index contributed by atoms with van der Waals surface area (Å²) in [6, 6.07) is 0.0472. The van der Waals surface area contributed by atoms with Crippen molar-refractivity contribution in [3.8, 4) is 0 Å². The lowest BCUT2D eigenvalue weighted by Crippen LogP contribution is -2.32. The first kappa shape index (κ1) is 10.5. The van der Waals surface area contributed by atoms with Crippen LogP contribution in [0.15, 0.2) is 0 Å².